The predicted octanol–water partition coefficient (Wildman–Crippen LogP) is 4.20. The van der Waals surface area contributed by atoms with Crippen LogP contribution in [0.3, 0.4) is 0 Å². The van der Waals surface area contributed by atoms with Gasteiger partial charge in [-0.1, -0.05) is 12.1 Å². The fourth-order valence-electron chi connectivity index (χ4n) is 3.51. The highest BCUT2D eigenvalue weighted by molar-refractivity contribution is 5.91. The molecule has 2 aromatic rings. The molecule has 1 N–H and O–H groups in total. The second kappa shape index (κ2) is 10.7. The number of nitrogens with one attached hydrogen (secondary N) is 1. The molecule has 6 heteroatoms. The van der Waals surface area contributed by atoms with Crippen molar-refractivity contribution in [3.63, 3.8) is 0 Å². The molecule has 6 nitrogen and oxygen atoms in total. The number of carbonyl (C=O) groups is 1. The monoisotopic (exact) mass is 409 g/mol. The standard InChI is InChI=1S/C24H31N3O3/c1-18(2)30-21-11-9-19(16-22(21)29-3)10-12-23(28)26-17-20-8-7-13-25-24(20)27-14-5-4-6-15-27/h7-13,16,18H,4-6,14-15,17H2,1-3H3,(H,26,28)/b12-10+. The van der Waals surface area contributed by atoms with Gasteiger partial charge in [0.25, 0.3) is 0 Å². The van der Waals surface area contributed by atoms with Crippen LogP contribution in [-0.4, -0.2) is 37.2 Å². The van der Waals surface area contributed by atoms with Gasteiger partial charge in [-0.3, -0.25) is 4.79 Å². The van der Waals surface area contributed by atoms with E-state index in [4.69, 9.17) is 9.47 Å². The van der Waals surface area contributed by atoms with Gasteiger partial charge in [0.15, 0.2) is 11.5 Å². The number of carbonyl (C=O) groups excluding carboxylic acids is 1. The number of methoxy groups -OCH3 is 1. The summed E-state index contributed by atoms with van der Waals surface area (Å²) in [7, 11) is 1.61. The van der Waals surface area contributed by atoms with Gasteiger partial charge in [-0.15, -0.1) is 0 Å². The normalized spacial score (nSPS) is 14.2. The van der Waals surface area contributed by atoms with Crippen molar-refractivity contribution in [2.75, 3.05) is 25.1 Å². The zero-order valence-electron chi connectivity index (χ0n) is 18.1. The number of nitrogens with zero attached hydrogens (tertiary/aromatic N) is 2. The van der Waals surface area contributed by atoms with Crippen molar-refractivity contribution in [2.45, 2.75) is 45.8 Å². The fraction of sp³-hybridized carbons (Fsp3) is 0.417. The predicted molar refractivity (Wildman–Crippen MR) is 120 cm³/mol. The van der Waals surface area contributed by atoms with Gasteiger partial charge in [0.05, 0.1) is 13.2 Å². The van der Waals surface area contributed by atoms with Crippen molar-refractivity contribution >= 4 is 17.8 Å². The van der Waals surface area contributed by atoms with Gasteiger partial charge in [-0.2, -0.15) is 0 Å². The Morgan fingerprint density at radius 1 is 1.20 bits per heavy atom. The molecule has 1 fully saturated rings. The number of hydrogen-bond donors (Lipinski definition) is 1. The van der Waals surface area contributed by atoms with Gasteiger partial charge in [0.1, 0.15) is 5.82 Å². The number of hydrogen-bond acceptors (Lipinski definition) is 5. The van der Waals surface area contributed by atoms with Crippen LogP contribution in [0.25, 0.3) is 6.08 Å². The van der Waals surface area contributed by atoms with Crippen molar-refractivity contribution < 1.29 is 14.3 Å². The molecule has 0 radical (unpaired) electrons. The van der Waals surface area contributed by atoms with E-state index in [-0.39, 0.29) is 12.0 Å². The van der Waals surface area contributed by atoms with Gasteiger partial charge >= 0.3 is 0 Å². The molecule has 160 valence electrons. The van der Waals surface area contributed by atoms with E-state index in [1.54, 1.807) is 13.2 Å². The molecule has 1 saturated heterocycles. The quantitative estimate of drug-likeness (QED) is 0.662. The lowest BCUT2D eigenvalue weighted by Gasteiger charge is -2.29. The van der Waals surface area contributed by atoms with Crippen LogP contribution in [-0.2, 0) is 11.3 Å². The van der Waals surface area contributed by atoms with Crippen LogP contribution in [0.5, 0.6) is 11.5 Å². The highest BCUT2D eigenvalue weighted by atomic mass is 16.5. The third-order valence-electron chi connectivity index (χ3n) is 4.95. The first-order valence-electron chi connectivity index (χ1n) is 10.6. The Balaban J connectivity index is 1.60. The van der Waals surface area contributed by atoms with E-state index in [1.807, 2.05) is 50.4 Å². The molecule has 3 rings (SSSR count). The Morgan fingerprint density at radius 2 is 2.00 bits per heavy atom. The first-order valence-corrected chi connectivity index (χ1v) is 10.6. The second-order valence-corrected chi connectivity index (χ2v) is 7.66. The Morgan fingerprint density at radius 3 is 2.73 bits per heavy atom. The largest absolute Gasteiger partial charge is 0.493 e. The summed E-state index contributed by atoms with van der Waals surface area (Å²) in [5.41, 5.74) is 1.91. The van der Waals surface area contributed by atoms with Crippen molar-refractivity contribution in [1.82, 2.24) is 10.3 Å². The summed E-state index contributed by atoms with van der Waals surface area (Å²) >= 11 is 0. The summed E-state index contributed by atoms with van der Waals surface area (Å²) in [6.45, 7) is 6.44. The van der Waals surface area contributed by atoms with Gasteiger partial charge in [0.2, 0.25) is 5.91 Å². The zero-order valence-corrected chi connectivity index (χ0v) is 18.1. The molecule has 0 saturated carbocycles. The first kappa shape index (κ1) is 21.7. The minimum Gasteiger partial charge on any atom is -0.493 e. The van der Waals surface area contributed by atoms with E-state index in [0.29, 0.717) is 18.0 Å². The number of benzene rings is 1. The fourth-order valence-corrected chi connectivity index (χ4v) is 3.51. The summed E-state index contributed by atoms with van der Waals surface area (Å²) in [6, 6.07) is 9.56. The lowest BCUT2D eigenvalue weighted by Crippen LogP contribution is -2.32. The van der Waals surface area contributed by atoms with E-state index in [1.165, 1.54) is 25.3 Å². The maximum absolute atomic E-state index is 12.4. The maximum Gasteiger partial charge on any atom is 0.244 e. The van der Waals surface area contributed by atoms with Crippen LogP contribution in [0.2, 0.25) is 0 Å². The summed E-state index contributed by atoms with van der Waals surface area (Å²) < 4.78 is 11.1. The summed E-state index contributed by atoms with van der Waals surface area (Å²) in [4.78, 5) is 19.2. The molecule has 1 amide bonds. The van der Waals surface area contributed by atoms with Gasteiger partial charge < -0.3 is 19.7 Å². The number of anilines is 1. The van der Waals surface area contributed by atoms with E-state index in [2.05, 4.69) is 15.2 Å². The summed E-state index contributed by atoms with van der Waals surface area (Å²) in [6.07, 6.45) is 8.84. The van der Waals surface area contributed by atoms with Gasteiger partial charge in [-0.25, -0.2) is 4.98 Å². The first-order chi connectivity index (χ1) is 14.6. The van der Waals surface area contributed by atoms with E-state index in [9.17, 15) is 4.79 Å². The smallest absolute Gasteiger partial charge is 0.244 e. The Kier molecular flexibility index (Phi) is 7.71. The third kappa shape index (κ3) is 5.99. The molecule has 0 aliphatic carbocycles. The van der Waals surface area contributed by atoms with Crippen LogP contribution in [0.15, 0.2) is 42.6 Å². The number of pyridine rings is 1. The third-order valence-corrected chi connectivity index (χ3v) is 4.95. The minimum atomic E-state index is -0.148. The van der Waals surface area contributed by atoms with E-state index < -0.39 is 0 Å². The minimum absolute atomic E-state index is 0.0633. The molecule has 1 aromatic heterocycles. The van der Waals surface area contributed by atoms with Crippen molar-refractivity contribution in [1.29, 1.82) is 0 Å². The van der Waals surface area contributed by atoms with Crippen molar-refractivity contribution in [3.8, 4) is 11.5 Å². The molecular formula is C24H31N3O3. The SMILES string of the molecule is COc1cc(/C=C/C(=O)NCc2cccnc2N2CCCCC2)ccc1OC(C)C. The molecule has 1 aromatic carbocycles. The molecule has 2 heterocycles. The number of amides is 1. The Labute approximate surface area is 178 Å². The molecule has 30 heavy (non-hydrogen) atoms. The second-order valence-electron chi connectivity index (χ2n) is 7.66. The molecule has 0 bridgehead atoms. The number of rotatable bonds is 8. The number of piperidine rings is 1. The Bertz CT molecular complexity index is 874. The lowest BCUT2D eigenvalue weighted by atomic mass is 10.1. The van der Waals surface area contributed by atoms with Crippen molar-refractivity contribution in [3.05, 3.63) is 53.7 Å². The van der Waals surface area contributed by atoms with Gasteiger partial charge in [-0.05, 0) is 62.9 Å². The summed E-state index contributed by atoms with van der Waals surface area (Å²) in [5.74, 6) is 2.17. The molecule has 1 aliphatic heterocycles. The molecule has 0 spiro atoms. The topological polar surface area (TPSA) is 63.7 Å². The summed E-state index contributed by atoms with van der Waals surface area (Å²) in [5, 5.41) is 2.97. The van der Waals surface area contributed by atoms with Crippen LogP contribution < -0.4 is 19.7 Å². The zero-order chi connectivity index (χ0) is 21.3. The van der Waals surface area contributed by atoms with Crippen LogP contribution in [0, 0.1) is 0 Å². The average Bonchev–Trinajstić information content (AvgIpc) is 2.77. The Hall–Kier alpha value is -3.02. The maximum atomic E-state index is 12.4. The molecule has 0 unspecified atom stereocenters. The lowest BCUT2D eigenvalue weighted by molar-refractivity contribution is -0.116. The van der Waals surface area contributed by atoms with Gasteiger partial charge in [0, 0.05) is 37.5 Å². The highest BCUT2D eigenvalue weighted by Crippen LogP contribution is 2.29. The average molecular weight is 410 g/mol. The van der Waals surface area contributed by atoms with Crippen LogP contribution >= 0.6 is 0 Å². The van der Waals surface area contributed by atoms with E-state index in [0.717, 1.165) is 30.0 Å². The van der Waals surface area contributed by atoms with Crippen LogP contribution in [0.1, 0.15) is 44.2 Å². The molecular weight excluding hydrogens is 378 g/mol. The number of ether oxygens (including phenoxy) is 2. The van der Waals surface area contributed by atoms with E-state index >= 15 is 0 Å². The highest BCUT2D eigenvalue weighted by Gasteiger charge is 2.15. The van der Waals surface area contributed by atoms with Crippen molar-refractivity contribution in [2.24, 2.45) is 0 Å². The van der Waals surface area contributed by atoms with Crippen LogP contribution in [0.4, 0.5) is 5.82 Å². The molecule has 0 atom stereocenters. The number of aromatic nitrogens is 1. The molecule has 1 aliphatic rings.